The molecule has 0 fully saturated rings. The molecule has 0 amide bonds. The largest absolute Gasteiger partial charge is 0.455 e. The van der Waals surface area contributed by atoms with Gasteiger partial charge < -0.3 is 4.42 Å². The maximum absolute atomic E-state index is 8.22. The summed E-state index contributed by atoms with van der Waals surface area (Å²) in [6, 6.07) is 11.0. The van der Waals surface area contributed by atoms with Crippen molar-refractivity contribution in [3.05, 3.63) is 65.6 Å². The van der Waals surface area contributed by atoms with E-state index in [1.807, 2.05) is 18.2 Å². The molecule has 3 aromatic heterocycles. The maximum Gasteiger partial charge on any atom is 0.144 e. The highest BCUT2D eigenvalue weighted by Gasteiger charge is 2.15. The van der Waals surface area contributed by atoms with E-state index >= 15 is 0 Å². The first-order valence-electron chi connectivity index (χ1n) is 9.25. The lowest BCUT2D eigenvalue weighted by molar-refractivity contribution is 0.673. The average Bonchev–Trinajstić information content (AvgIpc) is 3.22. The molecule has 0 saturated carbocycles. The Morgan fingerprint density at radius 2 is 1.96 bits per heavy atom. The van der Waals surface area contributed by atoms with Crippen LogP contribution in [0.2, 0.25) is 0 Å². The number of nitrogens with zero attached hydrogens (tertiary/aromatic N) is 1. The van der Waals surface area contributed by atoms with Crippen molar-refractivity contribution in [2.75, 3.05) is 0 Å². The molecule has 2 nitrogen and oxygen atoms in total. The summed E-state index contributed by atoms with van der Waals surface area (Å²) < 4.78 is 39.1. The molecule has 0 spiro atoms. The third-order valence-corrected chi connectivity index (χ3v) is 5.02. The van der Waals surface area contributed by atoms with Crippen LogP contribution in [0.25, 0.3) is 43.3 Å². The Morgan fingerprint density at radius 3 is 2.91 bits per heavy atom. The molecule has 5 rings (SSSR count). The van der Waals surface area contributed by atoms with Crippen LogP contribution in [0, 0.1) is 6.92 Å². The number of hydrogen-bond acceptors (Lipinski definition) is 3. The van der Waals surface area contributed by atoms with Crippen molar-refractivity contribution in [1.82, 2.24) is 4.98 Å². The molecular formula is C20H13NOS. The second-order valence-corrected chi connectivity index (χ2v) is 6.73. The number of fused-ring (bicyclic) bond motifs is 5. The van der Waals surface area contributed by atoms with Gasteiger partial charge in [0.1, 0.15) is 11.2 Å². The van der Waals surface area contributed by atoms with E-state index in [2.05, 4.69) is 24.0 Å². The van der Waals surface area contributed by atoms with E-state index in [-0.39, 0.29) is 30.0 Å². The smallest absolute Gasteiger partial charge is 0.144 e. The lowest BCUT2D eigenvalue weighted by Crippen LogP contribution is -1.81. The Hall–Kier alpha value is -2.65. The van der Waals surface area contributed by atoms with Gasteiger partial charge in [0.15, 0.2) is 0 Å². The summed E-state index contributed by atoms with van der Waals surface area (Å²) >= 11 is 1.71. The topological polar surface area (TPSA) is 26.0 Å². The molecule has 0 aliphatic heterocycles. The Bertz CT molecular complexity index is 1390. The van der Waals surface area contributed by atoms with Crippen molar-refractivity contribution >= 4 is 43.4 Å². The van der Waals surface area contributed by atoms with Crippen LogP contribution >= 0.6 is 11.3 Å². The fourth-order valence-electron chi connectivity index (χ4n) is 3.04. The first-order valence-corrected chi connectivity index (χ1v) is 8.06. The van der Waals surface area contributed by atoms with Crippen LogP contribution in [-0.4, -0.2) is 4.98 Å². The number of hydrogen-bond donors (Lipinski definition) is 0. The van der Waals surface area contributed by atoms with Crippen LogP contribution in [0.3, 0.4) is 0 Å². The molecule has 0 saturated heterocycles. The third-order valence-electron chi connectivity index (χ3n) is 4.01. The summed E-state index contributed by atoms with van der Waals surface area (Å²) in [5.41, 5.74) is 2.14. The SMILES string of the molecule is [2H]c1nc(-c2cccc3c2oc2c4cc(C)sc4ccc32)c([2H])c([2H])c1[2H]. The number of rotatable bonds is 1. The molecule has 0 N–H and O–H groups in total. The quantitative estimate of drug-likeness (QED) is 0.369. The zero-order chi connectivity index (χ0) is 18.9. The molecular weight excluding hydrogens is 302 g/mol. The van der Waals surface area contributed by atoms with Gasteiger partial charge in [-0.05, 0) is 43.3 Å². The molecule has 110 valence electrons. The highest BCUT2D eigenvalue weighted by atomic mass is 32.1. The van der Waals surface area contributed by atoms with Gasteiger partial charge in [0.25, 0.3) is 0 Å². The highest BCUT2D eigenvalue weighted by Crippen LogP contribution is 2.40. The van der Waals surface area contributed by atoms with Crippen LogP contribution in [0.5, 0.6) is 0 Å². The number of pyridine rings is 1. The summed E-state index contributed by atoms with van der Waals surface area (Å²) in [5.74, 6) is 0. The minimum atomic E-state index is -0.337. The Balaban J connectivity index is 1.91. The molecule has 0 aliphatic carbocycles. The van der Waals surface area contributed by atoms with Crippen molar-refractivity contribution < 1.29 is 9.90 Å². The molecule has 0 atom stereocenters. The van der Waals surface area contributed by atoms with Gasteiger partial charge >= 0.3 is 0 Å². The van der Waals surface area contributed by atoms with Gasteiger partial charge in [0.05, 0.1) is 11.2 Å². The molecule has 5 aromatic rings. The molecule has 0 radical (unpaired) electrons. The molecule has 0 aliphatic rings. The highest BCUT2D eigenvalue weighted by molar-refractivity contribution is 7.19. The second-order valence-electron chi connectivity index (χ2n) is 5.44. The Labute approximate surface area is 142 Å². The van der Waals surface area contributed by atoms with E-state index in [4.69, 9.17) is 9.90 Å². The third kappa shape index (κ3) is 1.83. The first-order chi connectivity index (χ1) is 13.0. The fourth-order valence-corrected chi connectivity index (χ4v) is 3.96. The Kier molecular flexibility index (Phi) is 1.93. The summed E-state index contributed by atoms with van der Waals surface area (Å²) in [5, 5.41) is 2.94. The van der Waals surface area contributed by atoms with Crippen molar-refractivity contribution in [3.8, 4) is 11.3 Å². The van der Waals surface area contributed by atoms with E-state index < -0.39 is 0 Å². The number of aryl methyl sites for hydroxylation is 1. The van der Waals surface area contributed by atoms with E-state index in [9.17, 15) is 0 Å². The standard InChI is InChI=1S/C20H13NOS/c1-12-11-16-18(23-12)9-8-14-13-5-4-6-15(19(13)22-20(14)16)17-7-2-3-10-21-17/h2-11H,1H3/i2D,3D,7D,10D. The fraction of sp³-hybridized carbons (Fsp3) is 0.0500. The molecule has 0 unspecified atom stereocenters. The van der Waals surface area contributed by atoms with Crippen LogP contribution in [0.4, 0.5) is 0 Å². The van der Waals surface area contributed by atoms with Crippen LogP contribution in [0.1, 0.15) is 10.4 Å². The van der Waals surface area contributed by atoms with Crippen molar-refractivity contribution in [1.29, 1.82) is 0 Å². The normalized spacial score (nSPS) is 14.1. The number of benzene rings is 2. The summed E-state index contributed by atoms with van der Waals surface area (Å²) in [6.45, 7) is 2.06. The minimum absolute atomic E-state index is 0.166. The van der Waals surface area contributed by atoms with Gasteiger partial charge in [0, 0.05) is 37.5 Å². The maximum atomic E-state index is 8.22. The van der Waals surface area contributed by atoms with Gasteiger partial charge in [0.2, 0.25) is 0 Å². The number of furan rings is 1. The van der Waals surface area contributed by atoms with E-state index in [0.29, 0.717) is 11.1 Å². The molecule has 3 heteroatoms. The summed E-state index contributed by atoms with van der Waals surface area (Å²) in [7, 11) is 0. The van der Waals surface area contributed by atoms with Crippen molar-refractivity contribution in [2.45, 2.75) is 6.92 Å². The van der Waals surface area contributed by atoms with Gasteiger partial charge in [-0.3, -0.25) is 4.98 Å². The lowest BCUT2D eigenvalue weighted by atomic mass is 10.1. The minimum Gasteiger partial charge on any atom is -0.455 e. The van der Waals surface area contributed by atoms with Gasteiger partial charge in [-0.15, -0.1) is 11.3 Å². The van der Waals surface area contributed by atoms with Crippen molar-refractivity contribution in [2.24, 2.45) is 0 Å². The van der Waals surface area contributed by atoms with Crippen molar-refractivity contribution in [3.63, 3.8) is 0 Å². The summed E-state index contributed by atoms with van der Waals surface area (Å²) in [4.78, 5) is 5.31. The second kappa shape index (κ2) is 4.67. The van der Waals surface area contributed by atoms with E-state index in [0.717, 1.165) is 26.4 Å². The number of para-hydroxylation sites is 1. The summed E-state index contributed by atoms with van der Waals surface area (Å²) in [6.07, 6.45) is -0.310. The molecule has 2 aromatic carbocycles. The van der Waals surface area contributed by atoms with Gasteiger partial charge in [-0.1, -0.05) is 18.2 Å². The predicted molar refractivity (Wildman–Crippen MR) is 97.1 cm³/mol. The monoisotopic (exact) mass is 319 g/mol. The number of thiophene rings is 1. The average molecular weight is 319 g/mol. The molecule has 23 heavy (non-hydrogen) atoms. The zero-order valence-electron chi connectivity index (χ0n) is 16.2. The van der Waals surface area contributed by atoms with E-state index in [1.165, 1.54) is 4.88 Å². The lowest BCUT2D eigenvalue weighted by Gasteiger charge is -2.00. The molecule has 3 heterocycles. The van der Waals surface area contributed by atoms with Gasteiger partial charge in [-0.2, -0.15) is 0 Å². The van der Waals surface area contributed by atoms with Crippen LogP contribution in [-0.2, 0) is 0 Å². The zero-order valence-corrected chi connectivity index (χ0v) is 13.0. The first kappa shape index (κ1) is 9.48. The van der Waals surface area contributed by atoms with E-state index in [1.54, 1.807) is 17.4 Å². The molecule has 0 bridgehead atoms. The van der Waals surface area contributed by atoms with Gasteiger partial charge in [-0.25, -0.2) is 0 Å². The Morgan fingerprint density at radius 1 is 1.04 bits per heavy atom. The predicted octanol–water partition coefficient (Wildman–Crippen LogP) is 6.17. The van der Waals surface area contributed by atoms with Crippen LogP contribution < -0.4 is 0 Å². The number of aromatic nitrogens is 1. The van der Waals surface area contributed by atoms with Crippen LogP contribution in [0.15, 0.2) is 65.1 Å².